The van der Waals surface area contributed by atoms with E-state index in [1.807, 2.05) is 75.4 Å². The number of aryl methyl sites for hydroxylation is 2. The summed E-state index contributed by atoms with van der Waals surface area (Å²) in [7, 11) is 0. The summed E-state index contributed by atoms with van der Waals surface area (Å²) in [5, 5.41) is 0. The van der Waals surface area contributed by atoms with Gasteiger partial charge < -0.3 is 9.30 Å². The second kappa shape index (κ2) is 9.40. The van der Waals surface area contributed by atoms with Gasteiger partial charge in [0.1, 0.15) is 0 Å². The molecule has 0 saturated heterocycles. The Balaban J connectivity index is 1.79. The number of ketones is 1. The Kier molecular flexibility index (Phi) is 6.68. The number of carbonyl (C=O) groups excluding carboxylic acids is 2. The van der Waals surface area contributed by atoms with Crippen LogP contribution in [0.1, 0.15) is 45.4 Å². The minimum absolute atomic E-state index is 0.0110. The zero-order valence-electron chi connectivity index (χ0n) is 17.9. The van der Waals surface area contributed by atoms with Crippen LogP contribution in [-0.4, -0.2) is 22.9 Å². The average molecular weight is 402 g/mol. The third kappa shape index (κ3) is 4.95. The predicted molar refractivity (Wildman–Crippen MR) is 120 cm³/mol. The maximum atomic E-state index is 12.4. The molecule has 0 unspecified atom stereocenters. The predicted octanol–water partition coefficient (Wildman–Crippen LogP) is 5.40. The van der Waals surface area contributed by atoms with Crippen molar-refractivity contribution in [3.05, 3.63) is 94.3 Å². The summed E-state index contributed by atoms with van der Waals surface area (Å²) in [6, 6.07) is 17.5. The second-order valence-corrected chi connectivity index (χ2v) is 7.37. The van der Waals surface area contributed by atoms with E-state index in [9.17, 15) is 9.59 Å². The van der Waals surface area contributed by atoms with E-state index in [1.54, 1.807) is 13.0 Å². The number of rotatable bonds is 7. The van der Waals surface area contributed by atoms with Crippen molar-refractivity contribution in [3.63, 3.8) is 0 Å². The Morgan fingerprint density at radius 3 is 2.27 bits per heavy atom. The highest BCUT2D eigenvalue weighted by molar-refractivity contribution is 6.06. The van der Waals surface area contributed by atoms with Crippen LogP contribution in [0.25, 0.3) is 11.8 Å². The van der Waals surface area contributed by atoms with Gasteiger partial charge >= 0.3 is 5.97 Å². The highest BCUT2D eigenvalue weighted by atomic mass is 16.5. The molecule has 0 N–H and O–H groups in total. The average Bonchev–Trinajstić information content (AvgIpc) is 3.01. The first-order valence-electron chi connectivity index (χ1n) is 10.1. The van der Waals surface area contributed by atoms with E-state index in [2.05, 4.69) is 10.6 Å². The van der Waals surface area contributed by atoms with Gasteiger partial charge in [0.05, 0.1) is 13.0 Å². The van der Waals surface area contributed by atoms with Crippen LogP contribution in [0.15, 0.2) is 60.7 Å². The van der Waals surface area contributed by atoms with E-state index in [4.69, 9.17) is 4.74 Å². The maximum absolute atomic E-state index is 12.4. The molecule has 1 aromatic heterocycles. The Labute approximate surface area is 177 Å². The molecular weight excluding hydrogens is 374 g/mol. The van der Waals surface area contributed by atoms with Gasteiger partial charge in [0.15, 0.2) is 5.78 Å². The molecule has 3 rings (SSSR count). The molecule has 0 radical (unpaired) electrons. The zero-order chi connectivity index (χ0) is 21.7. The van der Waals surface area contributed by atoms with Gasteiger partial charge in [-0.1, -0.05) is 42.0 Å². The van der Waals surface area contributed by atoms with Gasteiger partial charge in [0.2, 0.25) is 0 Å². The standard InChI is InChI=1S/C26H27NO3/c1-5-30-26(29)17-21-8-13-24(14-9-21)27-19(3)16-23(20(27)4)12-15-25(28)22-10-6-18(2)7-11-22/h6-16H,5,17H2,1-4H3/b15-12+. The van der Waals surface area contributed by atoms with E-state index in [1.165, 1.54) is 0 Å². The van der Waals surface area contributed by atoms with E-state index in [-0.39, 0.29) is 18.2 Å². The monoisotopic (exact) mass is 401 g/mol. The minimum Gasteiger partial charge on any atom is -0.466 e. The molecule has 0 bridgehead atoms. The second-order valence-electron chi connectivity index (χ2n) is 7.37. The van der Waals surface area contributed by atoms with Crippen LogP contribution in [0.4, 0.5) is 0 Å². The lowest BCUT2D eigenvalue weighted by Gasteiger charge is -2.10. The quantitative estimate of drug-likeness (QED) is 0.302. The Morgan fingerprint density at radius 2 is 1.63 bits per heavy atom. The van der Waals surface area contributed by atoms with Gasteiger partial charge in [-0.2, -0.15) is 0 Å². The van der Waals surface area contributed by atoms with Crippen molar-refractivity contribution in [2.24, 2.45) is 0 Å². The van der Waals surface area contributed by atoms with Crippen LogP contribution in [0, 0.1) is 20.8 Å². The van der Waals surface area contributed by atoms with E-state index in [0.717, 1.165) is 33.8 Å². The molecule has 0 aliphatic rings. The van der Waals surface area contributed by atoms with Crippen molar-refractivity contribution in [2.45, 2.75) is 34.1 Å². The van der Waals surface area contributed by atoms with Crippen molar-refractivity contribution in [1.82, 2.24) is 4.57 Å². The lowest BCUT2D eigenvalue weighted by Crippen LogP contribution is -2.07. The smallest absolute Gasteiger partial charge is 0.310 e. The summed E-state index contributed by atoms with van der Waals surface area (Å²) in [5.41, 5.74) is 6.89. The SMILES string of the molecule is CCOC(=O)Cc1ccc(-n2c(C)cc(/C=C/C(=O)c3ccc(C)cc3)c2C)cc1. The Morgan fingerprint density at radius 1 is 0.967 bits per heavy atom. The molecule has 0 fully saturated rings. The Bertz CT molecular complexity index is 1070. The largest absolute Gasteiger partial charge is 0.466 e. The molecule has 1 heterocycles. The summed E-state index contributed by atoms with van der Waals surface area (Å²) in [6.07, 6.45) is 3.77. The van der Waals surface area contributed by atoms with Crippen LogP contribution in [0.3, 0.4) is 0 Å². The normalized spacial score (nSPS) is 11.1. The van der Waals surface area contributed by atoms with Crippen molar-refractivity contribution in [1.29, 1.82) is 0 Å². The number of esters is 1. The van der Waals surface area contributed by atoms with Crippen LogP contribution in [-0.2, 0) is 16.0 Å². The highest BCUT2D eigenvalue weighted by Gasteiger charge is 2.11. The van der Waals surface area contributed by atoms with Crippen molar-refractivity contribution in [3.8, 4) is 5.69 Å². The van der Waals surface area contributed by atoms with Gasteiger partial charge in [-0.15, -0.1) is 0 Å². The molecule has 0 aliphatic heterocycles. The van der Waals surface area contributed by atoms with Gasteiger partial charge in [-0.05, 0) is 69.2 Å². The number of hydrogen-bond acceptors (Lipinski definition) is 3. The third-order valence-corrected chi connectivity index (χ3v) is 5.07. The summed E-state index contributed by atoms with van der Waals surface area (Å²) >= 11 is 0. The fourth-order valence-corrected chi connectivity index (χ4v) is 3.47. The van der Waals surface area contributed by atoms with Crippen LogP contribution < -0.4 is 0 Å². The maximum Gasteiger partial charge on any atom is 0.310 e. The van der Waals surface area contributed by atoms with Crippen LogP contribution in [0.2, 0.25) is 0 Å². The fourth-order valence-electron chi connectivity index (χ4n) is 3.47. The van der Waals surface area contributed by atoms with Crippen LogP contribution in [0.5, 0.6) is 0 Å². The summed E-state index contributed by atoms with van der Waals surface area (Å²) < 4.78 is 7.15. The molecule has 3 aromatic rings. The molecule has 2 aromatic carbocycles. The number of allylic oxidation sites excluding steroid dienone is 1. The molecule has 30 heavy (non-hydrogen) atoms. The number of hydrogen-bond donors (Lipinski definition) is 0. The van der Waals surface area contributed by atoms with Gasteiger partial charge in [-0.25, -0.2) is 0 Å². The lowest BCUT2D eigenvalue weighted by molar-refractivity contribution is -0.142. The van der Waals surface area contributed by atoms with Crippen molar-refractivity contribution in [2.75, 3.05) is 6.61 Å². The lowest BCUT2D eigenvalue weighted by atomic mass is 10.1. The molecule has 4 nitrogen and oxygen atoms in total. The topological polar surface area (TPSA) is 48.3 Å². The van der Waals surface area contributed by atoms with Crippen LogP contribution >= 0.6 is 0 Å². The van der Waals surface area contributed by atoms with E-state index in [0.29, 0.717) is 12.2 Å². The first-order chi connectivity index (χ1) is 14.4. The van der Waals surface area contributed by atoms with Gasteiger partial charge in [0, 0.05) is 22.6 Å². The molecular formula is C26H27NO3. The van der Waals surface area contributed by atoms with E-state index >= 15 is 0 Å². The minimum atomic E-state index is -0.218. The van der Waals surface area contributed by atoms with E-state index < -0.39 is 0 Å². The molecule has 4 heteroatoms. The molecule has 154 valence electrons. The molecule has 0 aliphatic carbocycles. The summed E-state index contributed by atoms with van der Waals surface area (Å²) in [5.74, 6) is -0.229. The zero-order valence-corrected chi connectivity index (χ0v) is 17.9. The molecule has 0 saturated carbocycles. The van der Waals surface area contributed by atoms with Crippen molar-refractivity contribution >= 4 is 17.8 Å². The first-order valence-corrected chi connectivity index (χ1v) is 10.1. The highest BCUT2D eigenvalue weighted by Crippen LogP contribution is 2.22. The number of nitrogens with zero attached hydrogens (tertiary/aromatic N) is 1. The molecule has 0 amide bonds. The molecule has 0 atom stereocenters. The number of ether oxygens (including phenoxy) is 1. The number of aromatic nitrogens is 1. The third-order valence-electron chi connectivity index (χ3n) is 5.07. The Hall–Kier alpha value is -3.40. The fraction of sp³-hybridized carbons (Fsp3) is 0.231. The summed E-state index contributed by atoms with van der Waals surface area (Å²) in [6.45, 7) is 8.27. The molecule has 0 spiro atoms. The van der Waals surface area contributed by atoms with Gasteiger partial charge in [0.25, 0.3) is 0 Å². The number of carbonyl (C=O) groups is 2. The number of benzene rings is 2. The van der Waals surface area contributed by atoms with Gasteiger partial charge in [-0.3, -0.25) is 9.59 Å². The summed E-state index contributed by atoms with van der Waals surface area (Å²) in [4.78, 5) is 24.1. The van der Waals surface area contributed by atoms with Crippen molar-refractivity contribution < 1.29 is 14.3 Å². The first kappa shape index (κ1) is 21.3.